The van der Waals surface area contributed by atoms with E-state index in [1.54, 1.807) is 7.11 Å². The molecule has 1 aromatic carbocycles. The van der Waals surface area contributed by atoms with Gasteiger partial charge in [0.25, 0.3) is 0 Å². The molecule has 3 fully saturated rings. The highest BCUT2D eigenvalue weighted by molar-refractivity contribution is 5.77. The van der Waals surface area contributed by atoms with Crippen molar-refractivity contribution in [2.75, 3.05) is 39.9 Å². The van der Waals surface area contributed by atoms with Gasteiger partial charge in [0.15, 0.2) is 11.5 Å². The zero-order valence-electron chi connectivity index (χ0n) is 16.5. The second-order valence-electron chi connectivity index (χ2n) is 8.45. The molecule has 0 unspecified atom stereocenters. The van der Waals surface area contributed by atoms with Crippen molar-refractivity contribution in [1.29, 1.82) is 0 Å². The Morgan fingerprint density at radius 3 is 2.56 bits per heavy atom. The SMILES string of the molecule is COc1ccccc1OCCCN1CCC2(CCC(=O)N(C3CC3)C2)CC1. The Balaban J connectivity index is 1.19. The number of carbonyl (C=O) groups is 1. The van der Waals surface area contributed by atoms with E-state index in [0.29, 0.717) is 24.0 Å². The van der Waals surface area contributed by atoms with E-state index in [9.17, 15) is 4.79 Å². The van der Waals surface area contributed by atoms with Gasteiger partial charge in [-0.3, -0.25) is 4.79 Å². The Morgan fingerprint density at radius 1 is 1.11 bits per heavy atom. The number of amides is 1. The van der Waals surface area contributed by atoms with Crippen LogP contribution in [0.3, 0.4) is 0 Å². The molecule has 0 bridgehead atoms. The molecule has 1 amide bonds. The standard InChI is InChI=1S/C22H32N2O3/c1-26-19-5-2-3-6-20(19)27-16-4-13-23-14-11-22(12-15-23)10-9-21(25)24(17-22)18-7-8-18/h2-3,5-6,18H,4,7-17H2,1H3. The number of rotatable bonds is 7. The molecule has 1 spiro atoms. The summed E-state index contributed by atoms with van der Waals surface area (Å²) < 4.78 is 11.2. The van der Waals surface area contributed by atoms with Crippen LogP contribution in [0.25, 0.3) is 0 Å². The Bertz CT molecular complexity index is 651. The molecule has 2 aliphatic heterocycles. The normalized spacial score (nSPS) is 22.9. The Kier molecular flexibility index (Phi) is 5.58. The molecular formula is C22H32N2O3. The Labute approximate surface area is 162 Å². The third-order valence-corrected chi connectivity index (χ3v) is 6.54. The zero-order valence-corrected chi connectivity index (χ0v) is 16.5. The minimum Gasteiger partial charge on any atom is -0.493 e. The maximum atomic E-state index is 12.2. The molecular weight excluding hydrogens is 340 g/mol. The molecule has 1 aromatic rings. The smallest absolute Gasteiger partial charge is 0.222 e. The fraction of sp³-hybridized carbons (Fsp3) is 0.682. The van der Waals surface area contributed by atoms with Crippen LogP contribution in [0, 0.1) is 5.41 Å². The predicted octanol–water partition coefficient (Wildman–Crippen LogP) is 3.33. The third-order valence-electron chi connectivity index (χ3n) is 6.54. The van der Waals surface area contributed by atoms with E-state index in [4.69, 9.17) is 9.47 Å². The van der Waals surface area contributed by atoms with Gasteiger partial charge in [-0.15, -0.1) is 0 Å². The largest absolute Gasteiger partial charge is 0.493 e. The lowest BCUT2D eigenvalue weighted by Gasteiger charge is -2.47. The summed E-state index contributed by atoms with van der Waals surface area (Å²) in [5.74, 6) is 2.02. The van der Waals surface area contributed by atoms with Gasteiger partial charge in [-0.25, -0.2) is 0 Å². The molecule has 148 valence electrons. The maximum absolute atomic E-state index is 12.2. The average molecular weight is 373 g/mol. The van der Waals surface area contributed by atoms with Crippen molar-refractivity contribution in [2.45, 2.75) is 51.0 Å². The second kappa shape index (κ2) is 8.09. The highest BCUT2D eigenvalue weighted by atomic mass is 16.5. The fourth-order valence-electron chi connectivity index (χ4n) is 4.63. The molecule has 27 heavy (non-hydrogen) atoms. The number of ether oxygens (including phenoxy) is 2. The van der Waals surface area contributed by atoms with Gasteiger partial charge in [0.1, 0.15) is 0 Å². The summed E-state index contributed by atoms with van der Waals surface area (Å²) in [5.41, 5.74) is 0.390. The van der Waals surface area contributed by atoms with Gasteiger partial charge in [-0.05, 0) is 69.2 Å². The highest BCUT2D eigenvalue weighted by Gasteiger charge is 2.44. The average Bonchev–Trinajstić information content (AvgIpc) is 3.54. The van der Waals surface area contributed by atoms with Crippen LogP contribution in [0.1, 0.15) is 44.9 Å². The number of piperidine rings is 2. The molecule has 4 rings (SSSR count). The van der Waals surface area contributed by atoms with Gasteiger partial charge in [-0.1, -0.05) is 12.1 Å². The quantitative estimate of drug-likeness (QED) is 0.689. The van der Waals surface area contributed by atoms with Crippen LogP contribution in [0.5, 0.6) is 11.5 Å². The maximum Gasteiger partial charge on any atom is 0.222 e. The summed E-state index contributed by atoms with van der Waals surface area (Å²) in [6.07, 6.45) is 7.80. The number of nitrogens with zero attached hydrogens (tertiary/aromatic N) is 2. The van der Waals surface area contributed by atoms with Crippen molar-refractivity contribution < 1.29 is 14.3 Å². The highest BCUT2D eigenvalue weighted by Crippen LogP contribution is 2.43. The van der Waals surface area contributed by atoms with Gasteiger partial charge >= 0.3 is 0 Å². The van der Waals surface area contributed by atoms with Gasteiger partial charge in [0.2, 0.25) is 5.91 Å². The summed E-state index contributed by atoms with van der Waals surface area (Å²) in [7, 11) is 1.68. The van der Waals surface area contributed by atoms with Crippen LogP contribution in [0.4, 0.5) is 0 Å². The number of methoxy groups -OCH3 is 1. The minimum absolute atomic E-state index is 0.390. The summed E-state index contributed by atoms with van der Waals surface area (Å²) in [6, 6.07) is 8.39. The first kappa shape index (κ1) is 18.6. The molecule has 2 saturated heterocycles. The number of hydrogen-bond donors (Lipinski definition) is 0. The number of benzene rings is 1. The van der Waals surface area contributed by atoms with E-state index in [0.717, 1.165) is 56.9 Å². The van der Waals surface area contributed by atoms with Gasteiger partial charge in [0.05, 0.1) is 13.7 Å². The van der Waals surface area contributed by atoms with Crippen LogP contribution in [-0.2, 0) is 4.79 Å². The van der Waals surface area contributed by atoms with E-state index >= 15 is 0 Å². The first-order chi connectivity index (χ1) is 13.2. The van der Waals surface area contributed by atoms with E-state index in [1.807, 2.05) is 24.3 Å². The fourth-order valence-corrected chi connectivity index (χ4v) is 4.63. The number of para-hydroxylation sites is 2. The molecule has 0 N–H and O–H groups in total. The lowest BCUT2D eigenvalue weighted by atomic mass is 9.72. The van der Waals surface area contributed by atoms with E-state index in [-0.39, 0.29) is 0 Å². The number of hydrogen-bond acceptors (Lipinski definition) is 4. The number of likely N-dealkylation sites (tertiary alicyclic amines) is 2. The topological polar surface area (TPSA) is 42.0 Å². The van der Waals surface area contributed by atoms with Crippen LogP contribution >= 0.6 is 0 Å². The molecule has 5 heteroatoms. The summed E-state index contributed by atoms with van der Waals surface area (Å²) >= 11 is 0. The summed E-state index contributed by atoms with van der Waals surface area (Å²) in [4.78, 5) is 17.0. The van der Waals surface area contributed by atoms with Crippen molar-refractivity contribution in [1.82, 2.24) is 9.80 Å². The molecule has 1 aliphatic carbocycles. The first-order valence-corrected chi connectivity index (χ1v) is 10.5. The van der Waals surface area contributed by atoms with Crippen molar-refractivity contribution in [3.63, 3.8) is 0 Å². The lowest BCUT2D eigenvalue weighted by Crippen LogP contribution is -2.52. The predicted molar refractivity (Wildman–Crippen MR) is 105 cm³/mol. The van der Waals surface area contributed by atoms with Crippen molar-refractivity contribution in [2.24, 2.45) is 5.41 Å². The van der Waals surface area contributed by atoms with Crippen LogP contribution in [-0.4, -0.2) is 61.6 Å². The van der Waals surface area contributed by atoms with Gasteiger partial charge in [0, 0.05) is 25.6 Å². The van der Waals surface area contributed by atoms with Crippen LogP contribution < -0.4 is 9.47 Å². The van der Waals surface area contributed by atoms with E-state index in [2.05, 4.69) is 9.80 Å². The Hall–Kier alpha value is -1.75. The third kappa shape index (κ3) is 4.40. The molecule has 1 saturated carbocycles. The molecule has 2 heterocycles. The molecule has 0 aromatic heterocycles. The number of carbonyl (C=O) groups excluding carboxylic acids is 1. The molecule has 0 radical (unpaired) electrons. The second-order valence-corrected chi connectivity index (χ2v) is 8.45. The van der Waals surface area contributed by atoms with Crippen LogP contribution in [0.15, 0.2) is 24.3 Å². The molecule has 0 atom stereocenters. The lowest BCUT2D eigenvalue weighted by molar-refractivity contribution is -0.139. The van der Waals surface area contributed by atoms with Gasteiger partial charge < -0.3 is 19.3 Å². The van der Waals surface area contributed by atoms with Crippen molar-refractivity contribution in [3.05, 3.63) is 24.3 Å². The summed E-state index contributed by atoms with van der Waals surface area (Å²) in [6.45, 7) is 5.12. The van der Waals surface area contributed by atoms with Crippen molar-refractivity contribution in [3.8, 4) is 11.5 Å². The summed E-state index contributed by atoms with van der Waals surface area (Å²) in [5, 5.41) is 0. The van der Waals surface area contributed by atoms with Crippen molar-refractivity contribution >= 4 is 5.91 Å². The monoisotopic (exact) mass is 372 g/mol. The van der Waals surface area contributed by atoms with Crippen LogP contribution in [0.2, 0.25) is 0 Å². The molecule has 5 nitrogen and oxygen atoms in total. The zero-order chi connectivity index (χ0) is 18.7. The van der Waals surface area contributed by atoms with Gasteiger partial charge in [-0.2, -0.15) is 0 Å². The van der Waals surface area contributed by atoms with E-state index < -0.39 is 0 Å². The first-order valence-electron chi connectivity index (χ1n) is 10.5. The Morgan fingerprint density at radius 2 is 1.85 bits per heavy atom. The molecule has 3 aliphatic rings. The minimum atomic E-state index is 0.390. The van der Waals surface area contributed by atoms with E-state index in [1.165, 1.54) is 25.7 Å².